The summed E-state index contributed by atoms with van der Waals surface area (Å²) in [5.74, 6) is 0.0370. The first-order chi connectivity index (χ1) is 10.1. The van der Waals surface area contributed by atoms with Crippen molar-refractivity contribution in [2.24, 2.45) is 0 Å². The molecule has 110 valence electrons. The molecule has 0 spiro atoms. The molecule has 1 aromatic heterocycles. The highest BCUT2D eigenvalue weighted by Gasteiger charge is 2.24. The van der Waals surface area contributed by atoms with E-state index in [0.717, 1.165) is 25.1 Å². The molecule has 1 aliphatic rings. The van der Waals surface area contributed by atoms with E-state index in [1.54, 1.807) is 0 Å². The summed E-state index contributed by atoms with van der Waals surface area (Å²) in [5.41, 5.74) is 2.79. The Kier molecular flexibility index (Phi) is 3.96. The van der Waals surface area contributed by atoms with Gasteiger partial charge in [0.25, 0.3) is 0 Å². The topological polar surface area (TPSA) is 68.0 Å². The van der Waals surface area contributed by atoms with Gasteiger partial charge in [-0.05, 0) is 37.3 Å². The number of rotatable bonds is 4. The van der Waals surface area contributed by atoms with Crippen molar-refractivity contribution in [2.75, 3.05) is 5.75 Å². The summed E-state index contributed by atoms with van der Waals surface area (Å²) in [4.78, 5) is 10.8. The lowest BCUT2D eigenvalue weighted by Crippen LogP contribution is -2.20. The van der Waals surface area contributed by atoms with Crippen LogP contribution in [0.15, 0.2) is 29.4 Å². The summed E-state index contributed by atoms with van der Waals surface area (Å²) in [6, 6.07) is 8.82. The van der Waals surface area contributed by atoms with E-state index in [0.29, 0.717) is 11.2 Å². The molecule has 1 unspecified atom stereocenters. The monoisotopic (exact) mass is 303 g/mol. The summed E-state index contributed by atoms with van der Waals surface area (Å²) in [5, 5.41) is 17.8. The molecule has 0 saturated carbocycles. The third-order valence-corrected chi connectivity index (χ3v) is 4.77. The van der Waals surface area contributed by atoms with Gasteiger partial charge in [-0.15, -0.1) is 10.2 Å². The van der Waals surface area contributed by atoms with Crippen LogP contribution in [0.4, 0.5) is 0 Å². The molecule has 6 heteroatoms. The maximum Gasteiger partial charge on any atom is 0.313 e. The van der Waals surface area contributed by atoms with Gasteiger partial charge >= 0.3 is 5.97 Å². The van der Waals surface area contributed by atoms with Crippen molar-refractivity contribution in [3.05, 3.63) is 41.2 Å². The first kappa shape index (κ1) is 14.1. The van der Waals surface area contributed by atoms with E-state index >= 15 is 0 Å². The third-order valence-electron chi connectivity index (χ3n) is 3.85. The molecule has 1 heterocycles. The number of nitrogens with zero attached hydrogens (tertiary/aromatic N) is 3. The largest absolute Gasteiger partial charge is 0.481 e. The molecule has 0 radical (unpaired) electrons. The highest BCUT2D eigenvalue weighted by molar-refractivity contribution is 7.99. The molecule has 5 nitrogen and oxygen atoms in total. The van der Waals surface area contributed by atoms with Gasteiger partial charge in [-0.1, -0.05) is 36.0 Å². The summed E-state index contributed by atoms with van der Waals surface area (Å²) >= 11 is 1.24. The molecule has 0 amide bonds. The van der Waals surface area contributed by atoms with Crippen LogP contribution in [0.1, 0.15) is 29.4 Å². The van der Waals surface area contributed by atoms with E-state index in [2.05, 4.69) is 39.0 Å². The Hall–Kier alpha value is -1.82. The molecular weight excluding hydrogens is 286 g/mol. The highest BCUT2D eigenvalue weighted by atomic mass is 32.2. The number of carboxylic acids is 1. The second-order valence-electron chi connectivity index (χ2n) is 5.25. The summed E-state index contributed by atoms with van der Waals surface area (Å²) in [7, 11) is 0. The van der Waals surface area contributed by atoms with Crippen LogP contribution in [0.5, 0.6) is 0 Å². The van der Waals surface area contributed by atoms with Gasteiger partial charge in [0.2, 0.25) is 0 Å². The van der Waals surface area contributed by atoms with Crippen molar-refractivity contribution < 1.29 is 9.90 Å². The molecule has 2 aromatic rings. The van der Waals surface area contributed by atoms with E-state index in [1.165, 1.54) is 22.9 Å². The first-order valence-electron chi connectivity index (χ1n) is 6.98. The predicted octanol–water partition coefficient (Wildman–Crippen LogP) is 2.49. The number of carboxylic acid groups (broad SMARTS) is 1. The number of carbonyl (C=O) groups is 1. The van der Waals surface area contributed by atoms with E-state index in [4.69, 9.17) is 5.11 Å². The standard InChI is InChI=1S/C15H17N3O2S/c1-10-16-17-15(21-9-14(19)20)18(10)13-7-6-11-4-2-3-5-12(11)8-13/h2-5,13H,6-9H2,1H3,(H,19,20). The molecule has 0 fully saturated rings. The summed E-state index contributed by atoms with van der Waals surface area (Å²) in [6.07, 6.45) is 3.04. The lowest BCUT2D eigenvalue weighted by molar-refractivity contribution is -0.133. The van der Waals surface area contributed by atoms with Crippen LogP contribution in [0.25, 0.3) is 0 Å². The number of aromatic nitrogens is 3. The van der Waals surface area contributed by atoms with Crippen LogP contribution < -0.4 is 0 Å². The number of aryl methyl sites for hydroxylation is 2. The molecular formula is C15H17N3O2S. The maximum atomic E-state index is 10.8. The molecule has 0 bridgehead atoms. The second-order valence-corrected chi connectivity index (χ2v) is 6.19. The first-order valence-corrected chi connectivity index (χ1v) is 7.96. The fourth-order valence-corrected chi connectivity index (χ4v) is 3.67. The average molecular weight is 303 g/mol. The van der Waals surface area contributed by atoms with Crippen LogP contribution in [0, 0.1) is 6.92 Å². The maximum absolute atomic E-state index is 10.8. The molecule has 3 rings (SSSR count). The fourth-order valence-electron chi connectivity index (χ4n) is 2.89. The molecule has 21 heavy (non-hydrogen) atoms. The third kappa shape index (κ3) is 2.95. The summed E-state index contributed by atoms with van der Waals surface area (Å²) < 4.78 is 2.10. The van der Waals surface area contributed by atoms with Gasteiger partial charge in [-0.2, -0.15) is 0 Å². The van der Waals surface area contributed by atoms with Gasteiger partial charge in [0.15, 0.2) is 5.16 Å². The Labute approximate surface area is 127 Å². The SMILES string of the molecule is Cc1nnc(SCC(=O)O)n1C1CCc2ccccc2C1. The van der Waals surface area contributed by atoms with E-state index in [1.807, 2.05) is 6.92 Å². The Bertz CT molecular complexity index is 669. The van der Waals surface area contributed by atoms with Crippen molar-refractivity contribution >= 4 is 17.7 Å². The van der Waals surface area contributed by atoms with Gasteiger partial charge in [-0.3, -0.25) is 4.79 Å². The van der Waals surface area contributed by atoms with Gasteiger partial charge in [0, 0.05) is 6.04 Å². The van der Waals surface area contributed by atoms with Gasteiger partial charge in [0.05, 0.1) is 5.75 Å². The minimum atomic E-state index is -0.832. The van der Waals surface area contributed by atoms with E-state index in [-0.39, 0.29) is 5.75 Å². The van der Waals surface area contributed by atoms with Crippen LogP contribution in [0.2, 0.25) is 0 Å². The van der Waals surface area contributed by atoms with Gasteiger partial charge in [-0.25, -0.2) is 0 Å². The molecule has 0 aliphatic heterocycles. The minimum Gasteiger partial charge on any atom is -0.481 e. The molecule has 1 atom stereocenters. The summed E-state index contributed by atoms with van der Waals surface area (Å²) in [6.45, 7) is 1.93. The Balaban J connectivity index is 1.84. The molecule has 1 aliphatic carbocycles. The number of benzene rings is 1. The van der Waals surface area contributed by atoms with Crippen LogP contribution >= 0.6 is 11.8 Å². The minimum absolute atomic E-state index is 0.0153. The zero-order valence-corrected chi connectivity index (χ0v) is 12.6. The lowest BCUT2D eigenvalue weighted by atomic mass is 9.88. The second kappa shape index (κ2) is 5.89. The highest BCUT2D eigenvalue weighted by Crippen LogP contribution is 2.32. The van der Waals surface area contributed by atoms with Crippen molar-refractivity contribution in [3.8, 4) is 0 Å². The van der Waals surface area contributed by atoms with Crippen molar-refractivity contribution in [3.63, 3.8) is 0 Å². The van der Waals surface area contributed by atoms with Crippen LogP contribution in [-0.2, 0) is 17.6 Å². The van der Waals surface area contributed by atoms with Crippen molar-refractivity contribution in [2.45, 2.75) is 37.4 Å². The number of fused-ring (bicyclic) bond motifs is 1. The quantitative estimate of drug-likeness (QED) is 0.879. The predicted molar refractivity (Wildman–Crippen MR) is 80.6 cm³/mol. The Morgan fingerprint density at radius 3 is 2.90 bits per heavy atom. The lowest BCUT2D eigenvalue weighted by Gasteiger charge is -2.27. The average Bonchev–Trinajstić information content (AvgIpc) is 2.85. The van der Waals surface area contributed by atoms with E-state index < -0.39 is 5.97 Å². The zero-order chi connectivity index (χ0) is 14.8. The normalized spacial score (nSPS) is 17.5. The number of thioether (sulfide) groups is 1. The Morgan fingerprint density at radius 2 is 2.14 bits per heavy atom. The van der Waals surface area contributed by atoms with Crippen molar-refractivity contribution in [1.82, 2.24) is 14.8 Å². The van der Waals surface area contributed by atoms with Crippen LogP contribution in [-0.4, -0.2) is 31.6 Å². The van der Waals surface area contributed by atoms with Crippen LogP contribution in [0.3, 0.4) is 0 Å². The number of hydrogen-bond donors (Lipinski definition) is 1. The van der Waals surface area contributed by atoms with Crippen molar-refractivity contribution in [1.29, 1.82) is 0 Å². The molecule has 1 N–H and O–H groups in total. The number of hydrogen-bond acceptors (Lipinski definition) is 4. The smallest absolute Gasteiger partial charge is 0.313 e. The fraction of sp³-hybridized carbons (Fsp3) is 0.400. The Morgan fingerprint density at radius 1 is 1.38 bits per heavy atom. The number of aliphatic carboxylic acids is 1. The molecule has 1 aromatic carbocycles. The van der Waals surface area contributed by atoms with E-state index in [9.17, 15) is 4.79 Å². The molecule has 0 saturated heterocycles. The van der Waals surface area contributed by atoms with Gasteiger partial charge in [0.1, 0.15) is 5.82 Å². The zero-order valence-electron chi connectivity index (χ0n) is 11.8. The van der Waals surface area contributed by atoms with Gasteiger partial charge < -0.3 is 9.67 Å².